The number of anilines is 2. The first kappa shape index (κ1) is 23.9. The van der Waals surface area contributed by atoms with E-state index in [0.717, 1.165) is 31.1 Å². The van der Waals surface area contributed by atoms with E-state index in [1.807, 2.05) is 17.5 Å². The molecular weight excluding hydrogens is 474 g/mol. The summed E-state index contributed by atoms with van der Waals surface area (Å²) in [4.78, 5) is 36.1. The third-order valence-electron chi connectivity index (χ3n) is 4.98. The second-order valence-corrected chi connectivity index (χ2v) is 9.28. The van der Waals surface area contributed by atoms with Crippen LogP contribution in [-0.2, 0) is 4.79 Å². The molecule has 1 aliphatic heterocycles. The topological polar surface area (TPSA) is 106 Å². The number of nitrogens with one attached hydrogen (secondary N) is 1. The van der Waals surface area contributed by atoms with Crippen LogP contribution in [-0.4, -0.2) is 78.2 Å². The zero-order valence-corrected chi connectivity index (χ0v) is 20.7. The standard InChI is InChI=1S/C22H25N7O3S2/c1-28-10-12-29(13-11-28)21-26-19(31-2)18(20(27-21)32-3)34-22-23-9-8-16(25-22)24-17(30)7-6-15-5-4-14-33-15/h4-9,14H,10-13H2,1-3H3,(H,23,24,25,30)/b7-6+. The van der Waals surface area contributed by atoms with Crippen LogP contribution < -0.4 is 19.7 Å². The third-order valence-corrected chi connectivity index (χ3v) is 6.75. The predicted molar refractivity (Wildman–Crippen MR) is 133 cm³/mol. The number of hydrogen-bond donors (Lipinski definition) is 1. The van der Waals surface area contributed by atoms with Crippen molar-refractivity contribution in [1.82, 2.24) is 24.8 Å². The molecule has 1 amide bonds. The fourth-order valence-corrected chi connectivity index (χ4v) is 4.66. The highest BCUT2D eigenvalue weighted by Gasteiger charge is 2.23. The Morgan fingerprint density at radius 2 is 1.85 bits per heavy atom. The predicted octanol–water partition coefficient (Wildman–Crippen LogP) is 2.90. The monoisotopic (exact) mass is 499 g/mol. The first-order chi connectivity index (χ1) is 16.6. The number of ether oxygens (including phenoxy) is 2. The molecule has 1 saturated heterocycles. The number of rotatable bonds is 8. The number of aromatic nitrogens is 4. The molecule has 3 aromatic heterocycles. The van der Waals surface area contributed by atoms with E-state index in [1.54, 1.807) is 43.9 Å². The maximum Gasteiger partial charge on any atom is 0.249 e. The van der Waals surface area contributed by atoms with E-state index in [9.17, 15) is 4.79 Å². The van der Waals surface area contributed by atoms with Gasteiger partial charge in [-0.1, -0.05) is 6.07 Å². The normalized spacial score (nSPS) is 14.4. The molecule has 0 atom stereocenters. The second kappa shape index (κ2) is 11.3. The van der Waals surface area contributed by atoms with Gasteiger partial charge in [0.05, 0.1) is 14.2 Å². The Kier molecular flexibility index (Phi) is 7.93. The number of amides is 1. The highest BCUT2D eigenvalue weighted by molar-refractivity contribution is 7.99. The van der Waals surface area contributed by atoms with Crippen LogP contribution in [0.4, 0.5) is 11.8 Å². The fourth-order valence-electron chi connectivity index (χ4n) is 3.17. The summed E-state index contributed by atoms with van der Waals surface area (Å²) in [6.07, 6.45) is 4.80. The summed E-state index contributed by atoms with van der Waals surface area (Å²) >= 11 is 2.76. The van der Waals surface area contributed by atoms with Gasteiger partial charge in [0.2, 0.25) is 23.6 Å². The molecular formula is C22H25N7O3S2. The van der Waals surface area contributed by atoms with Gasteiger partial charge in [0.15, 0.2) is 5.16 Å². The lowest BCUT2D eigenvalue weighted by atomic mass is 10.3. The number of carbonyl (C=O) groups is 1. The van der Waals surface area contributed by atoms with Crippen LogP contribution in [0.3, 0.4) is 0 Å². The summed E-state index contributed by atoms with van der Waals surface area (Å²) in [5.74, 6) is 1.42. The molecule has 0 unspecified atom stereocenters. The summed E-state index contributed by atoms with van der Waals surface area (Å²) in [7, 11) is 5.20. The van der Waals surface area contributed by atoms with E-state index in [0.29, 0.717) is 33.6 Å². The minimum atomic E-state index is -0.280. The van der Waals surface area contributed by atoms with Crippen LogP contribution in [0.15, 0.2) is 45.9 Å². The summed E-state index contributed by atoms with van der Waals surface area (Å²) in [5.41, 5.74) is 0. The third kappa shape index (κ3) is 6.01. The van der Waals surface area contributed by atoms with E-state index in [1.165, 1.54) is 17.8 Å². The molecule has 0 aliphatic carbocycles. The Bertz CT molecular complexity index is 1120. The van der Waals surface area contributed by atoms with E-state index in [2.05, 4.69) is 42.1 Å². The summed E-state index contributed by atoms with van der Waals surface area (Å²) < 4.78 is 11.1. The van der Waals surface area contributed by atoms with Gasteiger partial charge in [-0.05, 0) is 42.4 Å². The molecule has 178 valence electrons. The molecule has 0 spiro atoms. The molecule has 0 bridgehead atoms. The van der Waals surface area contributed by atoms with E-state index < -0.39 is 0 Å². The van der Waals surface area contributed by atoms with Crippen LogP contribution in [0.25, 0.3) is 6.08 Å². The number of thiophene rings is 1. The van der Waals surface area contributed by atoms with Gasteiger partial charge in [0.1, 0.15) is 10.7 Å². The molecule has 1 N–H and O–H groups in total. The highest BCUT2D eigenvalue weighted by atomic mass is 32.2. The quantitative estimate of drug-likeness (QED) is 0.367. The van der Waals surface area contributed by atoms with Gasteiger partial charge in [0, 0.05) is 43.3 Å². The maximum absolute atomic E-state index is 12.3. The Hall–Kier alpha value is -3.22. The van der Waals surface area contributed by atoms with Crippen molar-refractivity contribution >= 4 is 46.8 Å². The van der Waals surface area contributed by atoms with Crippen molar-refractivity contribution in [2.45, 2.75) is 10.1 Å². The molecule has 4 heterocycles. The Balaban J connectivity index is 1.51. The van der Waals surface area contributed by atoms with Crippen LogP contribution in [0.2, 0.25) is 0 Å². The fraction of sp³-hybridized carbons (Fsp3) is 0.318. The molecule has 0 saturated carbocycles. The molecule has 0 radical (unpaired) electrons. The number of carbonyl (C=O) groups excluding carboxylic acids is 1. The van der Waals surface area contributed by atoms with Crippen molar-refractivity contribution in [2.24, 2.45) is 0 Å². The van der Waals surface area contributed by atoms with Gasteiger partial charge in [-0.2, -0.15) is 9.97 Å². The second-order valence-electron chi connectivity index (χ2n) is 7.33. The lowest BCUT2D eigenvalue weighted by Crippen LogP contribution is -2.45. The summed E-state index contributed by atoms with van der Waals surface area (Å²) in [5, 5.41) is 5.10. The molecule has 0 aromatic carbocycles. The zero-order valence-electron chi connectivity index (χ0n) is 19.1. The first-order valence-electron chi connectivity index (χ1n) is 10.5. The van der Waals surface area contributed by atoms with E-state index in [-0.39, 0.29) is 5.91 Å². The molecule has 12 heteroatoms. The smallest absolute Gasteiger partial charge is 0.249 e. The molecule has 4 rings (SSSR count). The van der Waals surface area contributed by atoms with Crippen molar-refractivity contribution in [3.63, 3.8) is 0 Å². The number of nitrogens with zero attached hydrogens (tertiary/aromatic N) is 6. The van der Waals surface area contributed by atoms with Crippen molar-refractivity contribution in [2.75, 3.05) is 57.7 Å². The van der Waals surface area contributed by atoms with Crippen molar-refractivity contribution < 1.29 is 14.3 Å². The van der Waals surface area contributed by atoms with Crippen LogP contribution >= 0.6 is 23.1 Å². The highest BCUT2D eigenvalue weighted by Crippen LogP contribution is 2.39. The minimum absolute atomic E-state index is 0.280. The largest absolute Gasteiger partial charge is 0.480 e. The molecule has 1 aliphatic rings. The minimum Gasteiger partial charge on any atom is -0.480 e. The van der Waals surface area contributed by atoms with Crippen molar-refractivity contribution in [1.29, 1.82) is 0 Å². The SMILES string of the molecule is COc1nc(N2CCN(C)CC2)nc(OC)c1Sc1nccc(NC(=O)/C=C/c2cccs2)n1. The van der Waals surface area contributed by atoms with Crippen molar-refractivity contribution in [3.8, 4) is 11.8 Å². The number of methoxy groups -OCH3 is 2. The Morgan fingerprint density at radius 1 is 1.12 bits per heavy atom. The van der Waals surface area contributed by atoms with Gasteiger partial charge < -0.3 is 24.6 Å². The molecule has 3 aromatic rings. The maximum atomic E-state index is 12.3. The Labute approximate surface area is 206 Å². The van der Waals surface area contributed by atoms with Crippen LogP contribution in [0.1, 0.15) is 4.88 Å². The average molecular weight is 500 g/mol. The number of piperazine rings is 1. The van der Waals surface area contributed by atoms with Gasteiger partial charge in [-0.3, -0.25) is 4.79 Å². The Morgan fingerprint density at radius 3 is 2.50 bits per heavy atom. The summed E-state index contributed by atoms with van der Waals surface area (Å²) in [6.45, 7) is 3.50. The van der Waals surface area contributed by atoms with Gasteiger partial charge in [-0.15, -0.1) is 11.3 Å². The average Bonchev–Trinajstić information content (AvgIpc) is 3.37. The van der Waals surface area contributed by atoms with Crippen LogP contribution in [0.5, 0.6) is 11.8 Å². The van der Waals surface area contributed by atoms with Crippen molar-refractivity contribution in [3.05, 3.63) is 40.7 Å². The van der Waals surface area contributed by atoms with E-state index >= 15 is 0 Å². The zero-order chi connectivity index (χ0) is 23.9. The number of likely N-dealkylation sites (N-methyl/N-ethyl adjacent to an activating group) is 1. The molecule has 1 fully saturated rings. The lowest BCUT2D eigenvalue weighted by molar-refractivity contribution is -0.111. The number of hydrogen-bond acceptors (Lipinski definition) is 11. The van der Waals surface area contributed by atoms with Gasteiger partial charge >= 0.3 is 0 Å². The van der Waals surface area contributed by atoms with Gasteiger partial charge in [0.25, 0.3) is 0 Å². The van der Waals surface area contributed by atoms with Crippen LogP contribution in [0, 0.1) is 0 Å². The summed E-state index contributed by atoms with van der Waals surface area (Å²) in [6, 6.07) is 5.49. The van der Waals surface area contributed by atoms with E-state index in [4.69, 9.17) is 9.47 Å². The molecule has 10 nitrogen and oxygen atoms in total. The molecule has 34 heavy (non-hydrogen) atoms. The lowest BCUT2D eigenvalue weighted by Gasteiger charge is -2.32. The van der Waals surface area contributed by atoms with Gasteiger partial charge in [-0.25, -0.2) is 9.97 Å². The first-order valence-corrected chi connectivity index (χ1v) is 12.2.